The van der Waals surface area contributed by atoms with Crippen molar-refractivity contribution in [3.05, 3.63) is 47.0 Å². The maximum atomic E-state index is 5.56. The minimum atomic E-state index is -0.198. The summed E-state index contributed by atoms with van der Waals surface area (Å²) in [5.74, 6) is 1.78. The van der Waals surface area contributed by atoms with Crippen LogP contribution in [0.4, 0.5) is 5.69 Å². The number of hydrogen-bond donors (Lipinski definition) is 2. The third-order valence-corrected chi connectivity index (χ3v) is 5.23. The highest BCUT2D eigenvalue weighted by molar-refractivity contribution is 5.95. The van der Waals surface area contributed by atoms with Gasteiger partial charge in [-0.2, -0.15) is 0 Å². The zero-order valence-corrected chi connectivity index (χ0v) is 17.9. The van der Waals surface area contributed by atoms with Gasteiger partial charge < -0.3 is 24.8 Å². The standard InChI is InChI=1S/C22H30N4O3/c1-14(23-2)16-9-7-8-15(10-16)13-26(3)22-24-12-17-18(25-22)11-19(27-4)21(29-6)20(17)28-5/h7-12,14,22-23,25H,13H2,1-6H3. The van der Waals surface area contributed by atoms with Crippen molar-refractivity contribution in [2.45, 2.75) is 25.8 Å². The second kappa shape index (κ2) is 9.15. The average molecular weight is 399 g/mol. The summed E-state index contributed by atoms with van der Waals surface area (Å²) in [6.45, 7) is 2.92. The highest BCUT2D eigenvalue weighted by Crippen LogP contribution is 2.44. The molecule has 0 fully saturated rings. The smallest absolute Gasteiger partial charge is 0.204 e. The molecule has 2 atom stereocenters. The number of ether oxygens (including phenoxy) is 3. The zero-order chi connectivity index (χ0) is 21.0. The molecule has 29 heavy (non-hydrogen) atoms. The van der Waals surface area contributed by atoms with Crippen molar-refractivity contribution < 1.29 is 14.2 Å². The van der Waals surface area contributed by atoms with Gasteiger partial charge in [-0.1, -0.05) is 24.3 Å². The molecule has 1 aliphatic rings. The van der Waals surface area contributed by atoms with Crippen LogP contribution in [-0.4, -0.2) is 52.8 Å². The lowest BCUT2D eigenvalue weighted by Crippen LogP contribution is -2.38. The molecule has 0 saturated carbocycles. The van der Waals surface area contributed by atoms with Gasteiger partial charge in [0, 0.05) is 24.9 Å². The molecule has 1 heterocycles. The lowest BCUT2D eigenvalue weighted by molar-refractivity contribution is 0.263. The van der Waals surface area contributed by atoms with Crippen molar-refractivity contribution in [3.8, 4) is 17.2 Å². The first-order valence-electron chi connectivity index (χ1n) is 9.61. The van der Waals surface area contributed by atoms with Crippen LogP contribution in [0.3, 0.4) is 0 Å². The van der Waals surface area contributed by atoms with Crippen molar-refractivity contribution in [3.63, 3.8) is 0 Å². The molecular formula is C22H30N4O3. The van der Waals surface area contributed by atoms with Crippen LogP contribution in [0.15, 0.2) is 35.3 Å². The monoisotopic (exact) mass is 398 g/mol. The molecule has 1 aliphatic heterocycles. The molecule has 2 N–H and O–H groups in total. The third kappa shape index (κ3) is 4.31. The highest BCUT2D eigenvalue weighted by Gasteiger charge is 2.25. The lowest BCUT2D eigenvalue weighted by atomic mass is 10.0. The molecule has 2 aromatic carbocycles. The van der Waals surface area contributed by atoms with Crippen molar-refractivity contribution >= 4 is 11.9 Å². The Labute approximate surface area is 172 Å². The Morgan fingerprint density at radius 1 is 1.14 bits per heavy atom. The molecule has 156 valence electrons. The quantitative estimate of drug-likeness (QED) is 0.712. The van der Waals surface area contributed by atoms with Crippen molar-refractivity contribution in [2.75, 3.05) is 40.7 Å². The van der Waals surface area contributed by atoms with E-state index in [0.29, 0.717) is 23.3 Å². The van der Waals surface area contributed by atoms with E-state index in [2.05, 4.69) is 51.7 Å². The van der Waals surface area contributed by atoms with Crippen LogP contribution in [-0.2, 0) is 6.54 Å². The fourth-order valence-electron chi connectivity index (χ4n) is 3.47. The normalized spacial score (nSPS) is 16.2. The first kappa shape index (κ1) is 21.0. The predicted molar refractivity (Wildman–Crippen MR) is 116 cm³/mol. The van der Waals surface area contributed by atoms with E-state index in [-0.39, 0.29) is 6.29 Å². The van der Waals surface area contributed by atoms with Crippen LogP contribution < -0.4 is 24.8 Å². The Hall–Kier alpha value is -2.77. The first-order chi connectivity index (χ1) is 14.0. The number of nitrogens with one attached hydrogen (secondary N) is 2. The van der Waals surface area contributed by atoms with Gasteiger partial charge in [0.15, 0.2) is 17.8 Å². The largest absolute Gasteiger partial charge is 0.493 e. The number of rotatable bonds is 8. The second-order valence-electron chi connectivity index (χ2n) is 7.07. The summed E-state index contributed by atoms with van der Waals surface area (Å²) in [4.78, 5) is 6.84. The number of fused-ring (bicyclic) bond motifs is 1. The van der Waals surface area contributed by atoms with Gasteiger partial charge >= 0.3 is 0 Å². The summed E-state index contributed by atoms with van der Waals surface area (Å²) in [5.41, 5.74) is 4.24. The van der Waals surface area contributed by atoms with Crippen LogP contribution in [0.2, 0.25) is 0 Å². The summed E-state index contributed by atoms with van der Waals surface area (Å²) in [6.07, 6.45) is 1.63. The lowest BCUT2D eigenvalue weighted by Gasteiger charge is -2.31. The predicted octanol–water partition coefficient (Wildman–Crippen LogP) is 3.25. The third-order valence-electron chi connectivity index (χ3n) is 5.23. The minimum Gasteiger partial charge on any atom is -0.493 e. The summed E-state index contributed by atoms with van der Waals surface area (Å²) in [5, 5.41) is 6.75. The van der Waals surface area contributed by atoms with Gasteiger partial charge in [-0.3, -0.25) is 9.89 Å². The van der Waals surface area contributed by atoms with E-state index in [1.54, 1.807) is 21.3 Å². The number of anilines is 1. The fraction of sp³-hybridized carbons (Fsp3) is 0.409. The molecule has 2 unspecified atom stereocenters. The van der Waals surface area contributed by atoms with Gasteiger partial charge in [0.1, 0.15) is 0 Å². The Morgan fingerprint density at radius 3 is 2.55 bits per heavy atom. The molecule has 0 spiro atoms. The van der Waals surface area contributed by atoms with Crippen molar-refractivity contribution in [1.29, 1.82) is 0 Å². The van der Waals surface area contributed by atoms with Crippen molar-refractivity contribution in [2.24, 2.45) is 4.99 Å². The van der Waals surface area contributed by atoms with E-state index in [1.807, 2.05) is 26.4 Å². The van der Waals surface area contributed by atoms with Crippen LogP contribution in [0, 0.1) is 0 Å². The summed E-state index contributed by atoms with van der Waals surface area (Å²) < 4.78 is 16.5. The Bertz CT molecular complexity index is 885. The highest BCUT2D eigenvalue weighted by atomic mass is 16.5. The summed E-state index contributed by atoms with van der Waals surface area (Å²) in [7, 11) is 8.84. The number of methoxy groups -OCH3 is 3. The van der Waals surface area contributed by atoms with Gasteiger partial charge in [-0.05, 0) is 32.1 Å². The van der Waals surface area contributed by atoms with Gasteiger partial charge in [0.2, 0.25) is 5.75 Å². The van der Waals surface area contributed by atoms with Gasteiger partial charge in [-0.25, -0.2) is 0 Å². The second-order valence-corrected chi connectivity index (χ2v) is 7.07. The topological polar surface area (TPSA) is 67.4 Å². The average Bonchev–Trinajstić information content (AvgIpc) is 2.76. The van der Waals surface area contributed by atoms with Gasteiger partial charge in [-0.15, -0.1) is 0 Å². The molecule has 0 saturated heterocycles. The zero-order valence-electron chi connectivity index (χ0n) is 17.9. The molecule has 0 aromatic heterocycles. The van der Waals surface area contributed by atoms with Crippen LogP contribution in [0.1, 0.15) is 29.7 Å². The van der Waals surface area contributed by atoms with E-state index in [9.17, 15) is 0 Å². The van der Waals surface area contributed by atoms with E-state index in [1.165, 1.54) is 11.1 Å². The number of hydrogen-bond acceptors (Lipinski definition) is 7. The van der Waals surface area contributed by atoms with Gasteiger partial charge in [0.05, 0.1) is 32.6 Å². The number of aliphatic imine (C=N–C) groups is 1. The fourth-order valence-corrected chi connectivity index (χ4v) is 3.47. The molecule has 2 aromatic rings. The van der Waals surface area contributed by atoms with Gasteiger partial charge in [0.25, 0.3) is 0 Å². The first-order valence-corrected chi connectivity index (χ1v) is 9.61. The summed E-state index contributed by atoms with van der Waals surface area (Å²) >= 11 is 0. The minimum absolute atomic E-state index is 0.198. The van der Waals surface area contributed by atoms with E-state index in [0.717, 1.165) is 17.8 Å². The Morgan fingerprint density at radius 2 is 1.90 bits per heavy atom. The van der Waals surface area contributed by atoms with E-state index >= 15 is 0 Å². The molecule has 3 rings (SSSR count). The van der Waals surface area contributed by atoms with Crippen LogP contribution >= 0.6 is 0 Å². The van der Waals surface area contributed by atoms with Crippen LogP contribution in [0.25, 0.3) is 0 Å². The molecule has 0 aliphatic carbocycles. The molecular weight excluding hydrogens is 368 g/mol. The molecule has 7 heteroatoms. The maximum Gasteiger partial charge on any atom is 0.204 e. The molecule has 0 amide bonds. The molecule has 7 nitrogen and oxygen atoms in total. The van der Waals surface area contributed by atoms with Crippen LogP contribution in [0.5, 0.6) is 17.2 Å². The summed E-state index contributed by atoms with van der Waals surface area (Å²) in [6, 6.07) is 10.8. The molecule has 0 radical (unpaired) electrons. The SMILES string of the molecule is CNC(C)c1cccc(CN(C)C2N=Cc3c(cc(OC)c(OC)c3OC)N2)c1. The number of benzene rings is 2. The maximum absolute atomic E-state index is 5.56. The van der Waals surface area contributed by atoms with E-state index < -0.39 is 0 Å². The number of nitrogens with zero attached hydrogens (tertiary/aromatic N) is 2. The Balaban J connectivity index is 1.81. The Kier molecular flexibility index (Phi) is 6.61. The van der Waals surface area contributed by atoms with Crippen molar-refractivity contribution in [1.82, 2.24) is 10.2 Å². The molecule has 0 bridgehead atoms. The van der Waals surface area contributed by atoms with E-state index in [4.69, 9.17) is 14.2 Å².